The molecule has 0 spiro atoms. The van der Waals surface area contributed by atoms with Crippen LogP contribution in [0.1, 0.15) is 33.3 Å². The topological polar surface area (TPSA) is 81.9 Å². The molecule has 1 aromatic heterocycles. The largest absolute Gasteiger partial charge is 0.495 e. The average Bonchev–Trinajstić information content (AvgIpc) is 2.95. The first-order valence-electron chi connectivity index (χ1n) is 7.63. The van der Waals surface area contributed by atoms with E-state index >= 15 is 0 Å². The summed E-state index contributed by atoms with van der Waals surface area (Å²) < 4.78 is 7.01. The number of aryl methyl sites for hydroxylation is 1. The molecular formula is C16H23N5O2S. The summed E-state index contributed by atoms with van der Waals surface area (Å²) >= 11 is 1.32. The van der Waals surface area contributed by atoms with E-state index in [1.54, 1.807) is 11.8 Å². The number of ether oxygens (including phenoxy) is 1. The van der Waals surface area contributed by atoms with Crippen LogP contribution in [-0.2, 0) is 10.3 Å². The molecule has 7 nitrogen and oxygen atoms in total. The molecule has 0 bridgehead atoms. The minimum absolute atomic E-state index is 0.132. The molecule has 1 heterocycles. The molecule has 8 heteroatoms. The Bertz CT molecular complexity index is 723. The van der Waals surface area contributed by atoms with Gasteiger partial charge in [0, 0.05) is 0 Å². The minimum atomic E-state index is -0.359. The summed E-state index contributed by atoms with van der Waals surface area (Å²) in [5.74, 6) is 0.498. The van der Waals surface area contributed by atoms with Crippen molar-refractivity contribution in [2.24, 2.45) is 0 Å². The Kier molecular flexibility index (Phi) is 5.48. The molecule has 0 aliphatic carbocycles. The van der Waals surface area contributed by atoms with Crippen molar-refractivity contribution in [3.05, 3.63) is 23.8 Å². The lowest BCUT2D eigenvalue weighted by Gasteiger charge is -2.20. The summed E-state index contributed by atoms with van der Waals surface area (Å²) in [6, 6.07) is 5.65. The first-order chi connectivity index (χ1) is 11.2. The number of anilines is 1. The van der Waals surface area contributed by atoms with Gasteiger partial charge in [0.25, 0.3) is 0 Å². The molecule has 1 amide bonds. The molecule has 2 aromatic rings. The van der Waals surface area contributed by atoms with E-state index < -0.39 is 0 Å². The maximum Gasteiger partial charge on any atom is 0.237 e. The van der Waals surface area contributed by atoms with E-state index in [0.29, 0.717) is 16.6 Å². The average molecular weight is 349 g/mol. The van der Waals surface area contributed by atoms with Crippen molar-refractivity contribution in [1.82, 2.24) is 20.2 Å². The zero-order valence-electron chi connectivity index (χ0n) is 14.8. The minimum Gasteiger partial charge on any atom is -0.495 e. The smallest absolute Gasteiger partial charge is 0.237 e. The first-order valence-corrected chi connectivity index (χ1v) is 8.51. The maximum absolute atomic E-state index is 12.5. The number of hydrogen-bond donors (Lipinski definition) is 1. The molecule has 0 aliphatic heterocycles. The van der Waals surface area contributed by atoms with E-state index in [-0.39, 0.29) is 16.7 Å². The standard InChI is InChI=1S/C16H23N5O2S/c1-10-7-8-13(23-6)12(9-10)17-14(22)11(2)24-15-18-19-20-21(15)16(3,4)5/h7-9,11H,1-6H3,(H,17,22)/t11-/m0/s1. The van der Waals surface area contributed by atoms with Crippen LogP contribution in [0.15, 0.2) is 23.4 Å². The number of nitrogens with one attached hydrogen (secondary N) is 1. The summed E-state index contributed by atoms with van der Waals surface area (Å²) in [6.45, 7) is 9.82. The number of aromatic nitrogens is 4. The number of rotatable bonds is 5. The molecule has 0 radical (unpaired) electrons. The number of nitrogens with zero attached hydrogens (tertiary/aromatic N) is 4. The first kappa shape index (κ1) is 18.3. The quantitative estimate of drug-likeness (QED) is 0.836. The van der Waals surface area contributed by atoms with Crippen molar-refractivity contribution in [2.45, 2.75) is 50.6 Å². The molecule has 0 saturated heterocycles. The Morgan fingerprint density at radius 3 is 2.71 bits per heavy atom. The number of carbonyl (C=O) groups is 1. The van der Waals surface area contributed by atoms with Crippen molar-refractivity contribution in [2.75, 3.05) is 12.4 Å². The highest BCUT2D eigenvalue weighted by atomic mass is 32.2. The van der Waals surface area contributed by atoms with E-state index in [9.17, 15) is 4.79 Å². The SMILES string of the molecule is COc1ccc(C)cc1NC(=O)[C@H](C)Sc1nnnn1C(C)(C)C. The lowest BCUT2D eigenvalue weighted by atomic mass is 10.1. The number of tetrazole rings is 1. The number of amides is 1. The van der Waals surface area contributed by atoms with Gasteiger partial charge in [-0.25, -0.2) is 4.68 Å². The predicted octanol–water partition coefficient (Wildman–Crippen LogP) is 2.86. The maximum atomic E-state index is 12.5. The molecular weight excluding hydrogens is 326 g/mol. The predicted molar refractivity (Wildman–Crippen MR) is 94.5 cm³/mol. The highest BCUT2D eigenvalue weighted by Gasteiger charge is 2.24. The summed E-state index contributed by atoms with van der Waals surface area (Å²) in [7, 11) is 1.58. The number of thioether (sulfide) groups is 1. The van der Waals surface area contributed by atoms with Gasteiger partial charge in [-0.05, 0) is 62.7 Å². The third kappa shape index (κ3) is 4.25. The lowest BCUT2D eigenvalue weighted by Crippen LogP contribution is -2.27. The normalized spacial score (nSPS) is 12.8. The van der Waals surface area contributed by atoms with Crippen LogP contribution in [0, 0.1) is 6.92 Å². The molecule has 2 rings (SSSR count). The van der Waals surface area contributed by atoms with Crippen LogP contribution in [0.2, 0.25) is 0 Å². The number of carbonyl (C=O) groups excluding carboxylic acids is 1. The Balaban J connectivity index is 2.11. The van der Waals surface area contributed by atoms with E-state index in [1.165, 1.54) is 11.8 Å². The fourth-order valence-corrected chi connectivity index (χ4v) is 3.02. The number of benzene rings is 1. The molecule has 0 fully saturated rings. The number of hydrogen-bond acceptors (Lipinski definition) is 6. The second-order valence-corrected chi connectivity index (χ2v) is 7.81. The molecule has 130 valence electrons. The van der Waals surface area contributed by atoms with Gasteiger partial charge in [0.2, 0.25) is 11.1 Å². The van der Waals surface area contributed by atoms with E-state index in [0.717, 1.165) is 5.56 Å². The van der Waals surface area contributed by atoms with Crippen LogP contribution in [0.4, 0.5) is 5.69 Å². The van der Waals surface area contributed by atoms with Gasteiger partial charge in [0.1, 0.15) is 5.75 Å². The fourth-order valence-electron chi connectivity index (χ4n) is 2.04. The highest BCUT2D eigenvalue weighted by Crippen LogP contribution is 2.28. The van der Waals surface area contributed by atoms with Gasteiger partial charge in [-0.3, -0.25) is 4.79 Å². The van der Waals surface area contributed by atoms with Gasteiger partial charge in [0.15, 0.2) is 0 Å². The Labute approximate surface area is 146 Å². The van der Waals surface area contributed by atoms with Crippen LogP contribution in [0.25, 0.3) is 0 Å². The molecule has 1 aromatic carbocycles. The van der Waals surface area contributed by atoms with E-state index in [2.05, 4.69) is 20.8 Å². The van der Waals surface area contributed by atoms with Crippen molar-refractivity contribution in [3.63, 3.8) is 0 Å². The second kappa shape index (κ2) is 7.21. The van der Waals surface area contributed by atoms with Gasteiger partial charge in [-0.2, -0.15) is 0 Å². The third-order valence-corrected chi connectivity index (χ3v) is 4.37. The Hall–Kier alpha value is -2.09. The Morgan fingerprint density at radius 1 is 1.38 bits per heavy atom. The molecule has 0 unspecified atom stereocenters. The van der Waals surface area contributed by atoms with E-state index in [4.69, 9.17) is 4.74 Å². The summed E-state index contributed by atoms with van der Waals surface area (Å²) in [5.41, 5.74) is 1.45. The monoisotopic (exact) mass is 349 g/mol. The number of methoxy groups -OCH3 is 1. The summed E-state index contributed by atoms with van der Waals surface area (Å²) in [4.78, 5) is 12.5. The van der Waals surface area contributed by atoms with Crippen molar-refractivity contribution in [1.29, 1.82) is 0 Å². The van der Waals surface area contributed by atoms with Crippen LogP contribution in [0.3, 0.4) is 0 Å². The molecule has 24 heavy (non-hydrogen) atoms. The van der Waals surface area contributed by atoms with Crippen LogP contribution >= 0.6 is 11.8 Å². The van der Waals surface area contributed by atoms with Gasteiger partial charge in [0.05, 0.1) is 23.6 Å². The van der Waals surface area contributed by atoms with Crippen LogP contribution in [-0.4, -0.2) is 38.5 Å². The Morgan fingerprint density at radius 2 is 2.08 bits per heavy atom. The van der Waals surface area contributed by atoms with Crippen molar-refractivity contribution >= 4 is 23.4 Å². The van der Waals surface area contributed by atoms with E-state index in [1.807, 2.05) is 52.8 Å². The highest BCUT2D eigenvalue weighted by molar-refractivity contribution is 8.00. The lowest BCUT2D eigenvalue weighted by molar-refractivity contribution is -0.115. The molecule has 0 aliphatic rings. The summed E-state index contributed by atoms with van der Waals surface area (Å²) in [5, 5.41) is 14.9. The third-order valence-electron chi connectivity index (χ3n) is 3.34. The van der Waals surface area contributed by atoms with Gasteiger partial charge in [-0.1, -0.05) is 17.8 Å². The molecule has 1 N–H and O–H groups in total. The summed E-state index contributed by atoms with van der Waals surface area (Å²) in [6.07, 6.45) is 0. The van der Waals surface area contributed by atoms with Crippen LogP contribution < -0.4 is 10.1 Å². The van der Waals surface area contributed by atoms with Crippen molar-refractivity contribution in [3.8, 4) is 5.75 Å². The fraction of sp³-hybridized carbons (Fsp3) is 0.500. The van der Waals surface area contributed by atoms with Gasteiger partial charge >= 0.3 is 0 Å². The van der Waals surface area contributed by atoms with Gasteiger partial charge < -0.3 is 10.1 Å². The molecule has 1 atom stereocenters. The second-order valence-electron chi connectivity index (χ2n) is 6.50. The van der Waals surface area contributed by atoms with Crippen molar-refractivity contribution < 1.29 is 9.53 Å². The van der Waals surface area contributed by atoms with Crippen LogP contribution in [0.5, 0.6) is 5.75 Å². The van der Waals surface area contributed by atoms with Gasteiger partial charge in [-0.15, -0.1) is 5.10 Å². The molecule has 0 saturated carbocycles. The zero-order valence-corrected chi connectivity index (χ0v) is 15.6. The zero-order chi connectivity index (χ0) is 17.9.